The minimum absolute atomic E-state index is 0.620. The topological polar surface area (TPSA) is 71.8 Å². The molecule has 0 saturated carbocycles. The van der Waals surface area contributed by atoms with Crippen LogP contribution in [0.4, 0.5) is 10.9 Å². The van der Waals surface area contributed by atoms with Gasteiger partial charge in [-0.05, 0) is 31.7 Å². The van der Waals surface area contributed by atoms with Gasteiger partial charge < -0.3 is 9.88 Å². The zero-order valence-electron chi connectivity index (χ0n) is 14.9. The zero-order valence-corrected chi connectivity index (χ0v) is 15.7. The minimum Gasteiger partial charge on any atom is -0.340 e. The maximum Gasteiger partial charge on any atom is 0.188 e. The fourth-order valence-corrected chi connectivity index (χ4v) is 4.04. The Morgan fingerprint density at radius 3 is 3.00 bits per heavy atom. The van der Waals surface area contributed by atoms with Crippen LogP contribution in [0.3, 0.4) is 0 Å². The number of imidazole rings is 1. The van der Waals surface area contributed by atoms with Crippen molar-refractivity contribution in [2.75, 3.05) is 18.4 Å². The summed E-state index contributed by atoms with van der Waals surface area (Å²) in [7, 11) is 2.02. The number of hydrogen-bond acceptors (Lipinski definition) is 7. The predicted octanol–water partition coefficient (Wildman–Crippen LogP) is 2.86. The zero-order chi connectivity index (χ0) is 17.8. The van der Waals surface area contributed by atoms with E-state index in [9.17, 15) is 0 Å². The Morgan fingerprint density at radius 1 is 1.23 bits per heavy atom. The van der Waals surface area contributed by atoms with Crippen molar-refractivity contribution in [3.05, 3.63) is 47.9 Å². The van der Waals surface area contributed by atoms with Gasteiger partial charge in [0.1, 0.15) is 12.1 Å². The number of rotatable bonds is 6. The molecule has 4 heterocycles. The molecule has 7 nitrogen and oxygen atoms in total. The van der Waals surface area contributed by atoms with Gasteiger partial charge in [-0.15, -0.1) is 11.3 Å². The number of piperidine rings is 1. The van der Waals surface area contributed by atoms with Crippen molar-refractivity contribution >= 4 is 22.3 Å². The molecule has 0 aliphatic carbocycles. The van der Waals surface area contributed by atoms with Crippen molar-refractivity contribution in [3.63, 3.8) is 0 Å². The predicted molar refractivity (Wildman–Crippen MR) is 102 cm³/mol. The van der Waals surface area contributed by atoms with E-state index in [4.69, 9.17) is 0 Å². The average molecular weight is 369 g/mol. The summed E-state index contributed by atoms with van der Waals surface area (Å²) in [6.07, 6.45) is 10.9. The number of aryl methyl sites for hydroxylation is 1. The molecule has 3 aromatic rings. The first kappa shape index (κ1) is 17.1. The Hall–Kier alpha value is -2.32. The largest absolute Gasteiger partial charge is 0.340 e. The van der Waals surface area contributed by atoms with E-state index in [2.05, 4.69) is 36.3 Å². The van der Waals surface area contributed by atoms with Crippen LogP contribution in [0.25, 0.3) is 0 Å². The molecule has 1 unspecified atom stereocenters. The molecular weight excluding hydrogens is 346 g/mol. The van der Waals surface area contributed by atoms with E-state index in [1.165, 1.54) is 12.8 Å². The third kappa shape index (κ3) is 4.44. The Bertz CT molecular complexity index is 830. The van der Waals surface area contributed by atoms with Crippen molar-refractivity contribution < 1.29 is 0 Å². The summed E-state index contributed by atoms with van der Waals surface area (Å²) in [5.41, 5.74) is 2.23. The second-order valence-corrected chi connectivity index (χ2v) is 7.73. The van der Waals surface area contributed by atoms with Gasteiger partial charge in [-0.1, -0.05) is 0 Å². The number of anilines is 2. The molecule has 136 valence electrons. The van der Waals surface area contributed by atoms with Crippen LogP contribution in [0.2, 0.25) is 0 Å². The molecule has 0 spiro atoms. The van der Waals surface area contributed by atoms with Crippen molar-refractivity contribution in [3.8, 4) is 0 Å². The lowest BCUT2D eigenvalue weighted by Gasteiger charge is -2.32. The highest BCUT2D eigenvalue weighted by atomic mass is 32.1. The molecule has 1 fully saturated rings. The standard InChI is InChI=1S/C18H23N7S/c1-24-10-16(22-13-24)11-25-5-2-3-14(9-25)7-15-8-17(21-12-20-15)23-18-19-4-6-26-18/h4,6,8,10,12-14H,2-3,5,7,9,11H2,1H3,(H,19,20,21,23). The summed E-state index contributed by atoms with van der Waals surface area (Å²) in [5.74, 6) is 1.43. The molecule has 1 aliphatic heterocycles. The molecule has 8 heteroatoms. The second kappa shape index (κ2) is 7.92. The summed E-state index contributed by atoms with van der Waals surface area (Å²) < 4.78 is 2.01. The smallest absolute Gasteiger partial charge is 0.188 e. The van der Waals surface area contributed by atoms with Gasteiger partial charge in [0.25, 0.3) is 0 Å². The van der Waals surface area contributed by atoms with Crippen LogP contribution in [-0.4, -0.2) is 42.5 Å². The van der Waals surface area contributed by atoms with E-state index in [0.29, 0.717) is 5.92 Å². The highest BCUT2D eigenvalue weighted by molar-refractivity contribution is 7.13. The van der Waals surface area contributed by atoms with Crippen LogP contribution in [0, 0.1) is 5.92 Å². The van der Waals surface area contributed by atoms with Gasteiger partial charge >= 0.3 is 0 Å². The third-order valence-corrected chi connectivity index (χ3v) is 5.32. The van der Waals surface area contributed by atoms with Gasteiger partial charge in [0, 0.05) is 49.7 Å². The summed E-state index contributed by atoms with van der Waals surface area (Å²) in [6, 6.07) is 2.04. The van der Waals surface area contributed by atoms with E-state index in [-0.39, 0.29) is 0 Å². The lowest BCUT2D eigenvalue weighted by atomic mass is 9.93. The van der Waals surface area contributed by atoms with Gasteiger partial charge in [0.2, 0.25) is 0 Å². The molecular formula is C18H23N7S. The van der Waals surface area contributed by atoms with Crippen LogP contribution >= 0.6 is 11.3 Å². The molecule has 26 heavy (non-hydrogen) atoms. The number of aromatic nitrogens is 5. The average Bonchev–Trinajstić information content (AvgIpc) is 3.27. The summed E-state index contributed by atoms with van der Waals surface area (Å²) in [6.45, 7) is 3.17. The Kier molecular flexibility index (Phi) is 5.21. The van der Waals surface area contributed by atoms with Crippen molar-refractivity contribution in [1.29, 1.82) is 0 Å². The highest BCUT2D eigenvalue weighted by Gasteiger charge is 2.21. The number of nitrogens with one attached hydrogen (secondary N) is 1. The van der Waals surface area contributed by atoms with Crippen LogP contribution in [0.15, 0.2) is 36.5 Å². The molecule has 1 N–H and O–H groups in total. The molecule has 1 aliphatic rings. The van der Waals surface area contributed by atoms with Gasteiger partial charge in [0.15, 0.2) is 5.13 Å². The molecule has 1 atom stereocenters. The maximum atomic E-state index is 4.47. The molecule has 3 aromatic heterocycles. The Morgan fingerprint density at radius 2 is 2.19 bits per heavy atom. The minimum atomic E-state index is 0.620. The number of nitrogens with zero attached hydrogens (tertiary/aromatic N) is 6. The van der Waals surface area contributed by atoms with Crippen LogP contribution in [-0.2, 0) is 20.0 Å². The first-order chi connectivity index (χ1) is 12.7. The van der Waals surface area contributed by atoms with Crippen LogP contribution < -0.4 is 5.32 Å². The van der Waals surface area contributed by atoms with Crippen molar-refractivity contribution in [2.45, 2.75) is 25.8 Å². The van der Waals surface area contributed by atoms with Crippen molar-refractivity contribution in [1.82, 2.24) is 29.4 Å². The lowest BCUT2D eigenvalue weighted by Crippen LogP contribution is -2.35. The SMILES string of the molecule is Cn1cnc(CN2CCCC(Cc3cc(Nc4nccs4)ncn3)C2)c1. The molecule has 1 saturated heterocycles. The monoisotopic (exact) mass is 369 g/mol. The molecule has 0 bridgehead atoms. The molecule has 4 rings (SSSR count). The fourth-order valence-electron chi connectivity index (χ4n) is 3.51. The highest BCUT2D eigenvalue weighted by Crippen LogP contribution is 2.23. The second-order valence-electron chi connectivity index (χ2n) is 6.83. The summed E-state index contributed by atoms with van der Waals surface area (Å²) in [4.78, 5) is 20.0. The molecule has 0 amide bonds. The van der Waals surface area contributed by atoms with E-state index >= 15 is 0 Å². The first-order valence-electron chi connectivity index (χ1n) is 8.91. The lowest BCUT2D eigenvalue weighted by molar-refractivity contribution is 0.165. The Labute approximate surface area is 157 Å². The van der Waals surface area contributed by atoms with Crippen LogP contribution in [0.5, 0.6) is 0 Å². The van der Waals surface area contributed by atoms with E-state index in [1.54, 1.807) is 23.9 Å². The normalized spacial score (nSPS) is 18.1. The number of hydrogen-bond donors (Lipinski definition) is 1. The van der Waals surface area contributed by atoms with Gasteiger partial charge in [-0.25, -0.2) is 19.9 Å². The van der Waals surface area contributed by atoms with E-state index in [0.717, 1.165) is 48.4 Å². The van der Waals surface area contributed by atoms with E-state index < -0.39 is 0 Å². The van der Waals surface area contributed by atoms with E-state index in [1.807, 2.05) is 29.4 Å². The third-order valence-electron chi connectivity index (χ3n) is 4.64. The van der Waals surface area contributed by atoms with Crippen molar-refractivity contribution in [2.24, 2.45) is 13.0 Å². The summed E-state index contributed by atoms with van der Waals surface area (Å²) >= 11 is 1.57. The molecule has 0 radical (unpaired) electrons. The quantitative estimate of drug-likeness (QED) is 0.720. The first-order valence-corrected chi connectivity index (χ1v) is 9.79. The van der Waals surface area contributed by atoms with Crippen LogP contribution in [0.1, 0.15) is 24.2 Å². The summed E-state index contributed by atoms with van der Waals surface area (Å²) in [5, 5.41) is 6.04. The van der Waals surface area contributed by atoms with Gasteiger partial charge in [-0.2, -0.15) is 0 Å². The fraction of sp³-hybridized carbons (Fsp3) is 0.444. The molecule has 0 aromatic carbocycles. The maximum absolute atomic E-state index is 4.47. The van der Waals surface area contributed by atoms with Gasteiger partial charge in [-0.3, -0.25) is 4.90 Å². The Balaban J connectivity index is 1.35. The number of likely N-dealkylation sites (tertiary alicyclic amines) is 1. The number of thiazole rings is 1. The van der Waals surface area contributed by atoms with Gasteiger partial charge in [0.05, 0.1) is 12.0 Å².